The van der Waals surface area contributed by atoms with E-state index in [0.717, 1.165) is 24.7 Å². The number of nitrogens with one attached hydrogen (secondary N) is 1. The van der Waals surface area contributed by atoms with E-state index >= 15 is 0 Å². The molecule has 1 N–H and O–H groups in total. The molecule has 0 aliphatic carbocycles. The smallest absolute Gasteiger partial charge is 0.121 e. The topological polar surface area (TPSA) is 24.5 Å². The summed E-state index contributed by atoms with van der Waals surface area (Å²) in [5.41, 5.74) is 1.17. The summed E-state index contributed by atoms with van der Waals surface area (Å²) in [4.78, 5) is 2.44. The van der Waals surface area contributed by atoms with Gasteiger partial charge in [-0.1, -0.05) is 13.0 Å². The molecule has 3 heteroatoms. The molecule has 0 radical (unpaired) electrons. The lowest BCUT2D eigenvalue weighted by Gasteiger charge is -2.34. The van der Waals surface area contributed by atoms with Crippen LogP contribution in [-0.2, 0) is 0 Å². The minimum atomic E-state index is 0.499. The number of likely N-dealkylation sites (tertiary alicyclic amines) is 1. The molecular weight excluding hydrogens is 248 g/mol. The Morgan fingerprint density at radius 1 is 1.45 bits per heavy atom. The van der Waals surface area contributed by atoms with Crippen molar-refractivity contribution in [2.75, 3.05) is 32.1 Å². The van der Waals surface area contributed by atoms with Gasteiger partial charge in [0.15, 0.2) is 0 Å². The Balaban J connectivity index is 1.91. The molecule has 0 aromatic heterocycles. The van der Waals surface area contributed by atoms with Crippen molar-refractivity contribution in [3.8, 4) is 5.75 Å². The fourth-order valence-corrected chi connectivity index (χ4v) is 2.89. The SMILES string of the molecule is CCCOc1cccc(NC(C)C2CCCN(C)C2)c1. The third kappa shape index (κ3) is 4.41. The maximum absolute atomic E-state index is 5.69. The predicted molar refractivity (Wildman–Crippen MR) is 85.5 cm³/mol. The third-order valence-corrected chi connectivity index (χ3v) is 4.07. The summed E-state index contributed by atoms with van der Waals surface area (Å²) >= 11 is 0. The number of hydrogen-bond donors (Lipinski definition) is 1. The van der Waals surface area contributed by atoms with Crippen LogP contribution >= 0.6 is 0 Å². The third-order valence-electron chi connectivity index (χ3n) is 4.07. The Hall–Kier alpha value is -1.22. The fourth-order valence-electron chi connectivity index (χ4n) is 2.89. The second kappa shape index (κ2) is 7.53. The molecule has 0 spiro atoms. The molecule has 20 heavy (non-hydrogen) atoms. The van der Waals surface area contributed by atoms with Crippen molar-refractivity contribution in [2.45, 2.75) is 39.2 Å². The van der Waals surface area contributed by atoms with E-state index in [4.69, 9.17) is 4.74 Å². The van der Waals surface area contributed by atoms with E-state index in [2.05, 4.69) is 49.3 Å². The van der Waals surface area contributed by atoms with E-state index < -0.39 is 0 Å². The van der Waals surface area contributed by atoms with Crippen molar-refractivity contribution in [3.63, 3.8) is 0 Å². The second-order valence-electron chi connectivity index (χ2n) is 5.97. The first kappa shape index (κ1) is 15.2. The zero-order valence-electron chi connectivity index (χ0n) is 13.1. The highest BCUT2D eigenvalue weighted by Gasteiger charge is 2.22. The number of rotatable bonds is 6. The maximum Gasteiger partial charge on any atom is 0.121 e. The van der Waals surface area contributed by atoms with Gasteiger partial charge in [0, 0.05) is 24.3 Å². The minimum Gasteiger partial charge on any atom is -0.494 e. The molecule has 1 aromatic rings. The summed E-state index contributed by atoms with van der Waals surface area (Å²) in [6.45, 7) is 7.64. The van der Waals surface area contributed by atoms with Crippen molar-refractivity contribution in [2.24, 2.45) is 5.92 Å². The molecule has 0 amide bonds. The summed E-state index contributed by atoms with van der Waals surface area (Å²) in [5, 5.41) is 3.64. The number of hydrogen-bond acceptors (Lipinski definition) is 3. The van der Waals surface area contributed by atoms with Crippen LogP contribution in [0.1, 0.15) is 33.1 Å². The van der Waals surface area contributed by atoms with Gasteiger partial charge in [-0.05, 0) is 57.8 Å². The van der Waals surface area contributed by atoms with Crippen molar-refractivity contribution < 1.29 is 4.74 Å². The zero-order chi connectivity index (χ0) is 14.4. The average molecular weight is 276 g/mol. The first-order valence-corrected chi connectivity index (χ1v) is 7.87. The number of nitrogens with zero attached hydrogens (tertiary/aromatic N) is 1. The number of piperidine rings is 1. The predicted octanol–water partition coefficient (Wildman–Crippen LogP) is 3.62. The molecule has 1 aliphatic rings. The molecular formula is C17H28N2O. The largest absolute Gasteiger partial charge is 0.494 e. The highest BCUT2D eigenvalue weighted by atomic mass is 16.5. The van der Waals surface area contributed by atoms with Gasteiger partial charge in [0.1, 0.15) is 5.75 Å². The van der Waals surface area contributed by atoms with E-state index in [1.165, 1.54) is 31.6 Å². The summed E-state index contributed by atoms with van der Waals surface area (Å²) in [6, 6.07) is 8.83. The van der Waals surface area contributed by atoms with Crippen LogP contribution in [0.15, 0.2) is 24.3 Å². The summed E-state index contributed by atoms with van der Waals surface area (Å²) in [6.07, 6.45) is 3.68. The first-order valence-electron chi connectivity index (χ1n) is 7.87. The molecule has 2 unspecified atom stereocenters. The maximum atomic E-state index is 5.69. The van der Waals surface area contributed by atoms with Crippen LogP contribution in [0.25, 0.3) is 0 Å². The quantitative estimate of drug-likeness (QED) is 0.859. The van der Waals surface area contributed by atoms with Gasteiger partial charge in [-0.2, -0.15) is 0 Å². The molecule has 2 rings (SSSR count). The monoisotopic (exact) mass is 276 g/mol. The Labute approximate surface area is 123 Å². The molecule has 1 saturated heterocycles. The average Bonchev–Trinajstić information content (AvgIpc) is 2.45. The van der Waals surface area contributed by atoms with Crippen LogP contribution in [-0.4, -0.2) is 37.7 Å². The van der Waals surface area contributed by atoms with Crippen LogP contribution in [0.4, 0.5) is 5.69 Å². The fraction of sp³-hybridized carbons (Fsp3) is 0.647. The van der Waals surface area contributed by atoms with E-state index in [0.29, 0.717) is 6.04 Å². The van der Waals surface area contributed by atoms with Crippen LogP contribution in [0.2, 0.25) is 0 Å². The zero-order valence-corrected chi connectivity index (χ0v) is 13.1. The lowest BCUT2D eigenvalue weighted by atomic mass is 9.92. The van der Waals surface area contributed by atoms with E-state index in [9.17, 15) is 0 Å². The van der Waals surface area contributed by atoms with Crippen molar-refractivity contribution in [1.29, 1.82) is 0 Å². The van der Waals surface area contributed by atoms with E-state index in [1.807, 2.05) is 6.07 Å². The normalized spacial score (nSPS) is 21.4. The van der Waals surface area contributed by atoms with Crippen molar-refractivity contribution in [3.05, 3.63) is 24.3 Å². The molecule has 0 saturated carbocycles. The van der Waals surface area contributed by atoms with Crippen LogP contribution < -0.4 is 10.1 Å². The highest BCUT2D eigenvalue weighted by molar-refractivity contribution is 5.48. The molecule has 2 atom stereocenters. The first-order chi connectivity index (χ1) is 9.69. The Bertz CT molecular complexity index is 408. The standard InChI is InChI=1S/C17H28N2O/c1-4-11-20-17-9-5-8-16(12-17)18-14(2)15-7-6-10-19(3)13-15/h5,8-9,12,14-15,18H,4,6-7,10-11,13H2,1-3H3. The van der Waals surface area contributed by atoms with Gasteiger partial charge in [-0.25, -0.2) is 0 Å². The molecule has 112 valence electrons. The molecule has 3 nitrogen and oxygen atoms in total. The van der Waals surface area contributed by atoms with Crippen molar-refractivity contribution in [1.82, 2.24) is 4.90 Å². The number of ether oxygens (including phenoxy) is 1. The molecule has 0 bridgehead atoms. The van der Waals surface area contributed by atoms with Gasteiger partial charge in [0.2, 0.25) is 0 Å². The summed E-state index contributed by atoms with van der Waals surface area (Å²) < 4.78 is 5.69. The Kier molecular flexibility index (Phi) is 5.72. The molecule has 1 fully saturated rings. The highest BCUT2D eigenvalue weighted by Crippen LogP contribution is 2.23. The van der Waals surface area contributed by atoms with Gasteiger partial charge < -0.3 is 15.0 Å². The minimum absolute atomic E-state index is 0.499. The summed E-state index contributed by atoms with van der Waals surface area (Å²) in [5.74, 6) is 1.69. The number of anilines is 1. The van der Waals surface area contributed by atoms with Gasteiger partial charge >= 0.3 is 0 Å². The van der Waals surface area contributed by atoms with Gasteiger partial charge in [0.25, 0.3) is 0 Å². The van der Waals surface area contributed by atoms with Crippen LogP contribution in [0.3, 0.4) is 0 Å². The van der Waals surface area contributed by atoms with Gasteiger partial charge in [-0.15, -0.1) is 0 Å². The van der Waals surface area contributed by atoms with Crippen molar-refractivity contribution >= 4 is 5.69 Å². The summed E-state index contributed by atoms with van der Waals surface area (Å²) in [7, 11) is 2.22. The Morgan fingerprint density at radius 2 is 2.30 bits per heavy atom. The number of benzene rings is 1. The van der Waals surface area contributed by atoms with Gasteiger partial charge in [-0.3, -0.25) is 0 Å². The van der Waals surface area contributed by atoms with Crippen LogP contribution in [0.5, 0.6) is 5.75 Å². The van der Waals surface area contributed by atoms with Gasteiger partial charge in [0.05, 0.1) is 6.61 Å². The second-order valence-corrected chi connectivity index (χ2v) is 5.97. The Morgan fingerprint density at radius 3 is 3.05 bits per heavy atom. The van der Waals surface area contributed by atoms with E-state index in [-0.39, 0.29) is 0 Å². The molecule has 1 aromatic carbocycles. The lowest BCUT2D eigenvalue weighted by Crippen LogP contribution is -2.39. The molecule has 1 heterocycles. The van der Waals surface area contributed by atoms with E-state index in [1.54, 1.807) is 0 Å². The molecule has 1 aliphatic heterocycles. The van der Waals surface area contributed by atoms with Crippen LogP contribution in [0, 0.1) is 5.92 Å². The lowest BCUT2D eigenvalue weighted by molar-refractivity contribution is 0.197.